The molecule has 2 aromatic heterocycles. The highest BCUT2D eigenvalue weighted by atomic mass is 32.2. The fourth-order valence-electron chi connectivity index (χ4n) is 5.38. The van der Waals surface area contributed by atoms with Crippen LogP contribution in [0.5, 0.6) is 5.88 Å². The van der Waals surface area contributed by atoms with Gasteiger partial charge in [-0.05, 0) is 43.7 Å². The summed E-state index contributed by atoms with van der Waals surface area (Å²) in [5.74, 6) is 0.816. The molecule has 12 heteroatoms. The lowest BCUT2D eigenvalue weighted by Crippen LogP contribution is -2.47. The van der Waals surface area contributed by atoms with Crippen LogP contribution in [0.1, 0.15) is 13.3 Å². The molecule has 2 fully saturated rings. The van der Waals surface area contributed by atoms with E-state index in [-0.39, 0.29) is 30.6 Å². The summed E-state index contributed by atoms with van der Waals surface area (Å²) in [5.41, 5.74) is 3.68. The normalized spacial score (nSPS) is 24.9. The third-order valence-corrected chi connectivity index (χ3v) is 8.30. The van der Waals surface area contributed by atoms with E-state index in [2.05, 4.69) is 25.5 Å². The Bertz CT molecular complexity index is 1410. The molecule has 3 aliphatic rings. The van der Waals surface area contributed by atoms with Crippen LogP contribution in [0.2, 0.25) is 0 Å². The first-order chi connectivity index (χ1) is 18.4. The van der Waals surface area contributed by atoms with Crippen LogP contribution in [-0.2, 0) is 9.53 Å². The van der Waals surface area contributed by atoms with Gasteiger partial charge in [0.15, 0.2) is 6.23 Å². The van der Waals surface area contributed by atoms with Crippen LogP contribution in [0, 0.1) is 0 Å². The van der Waals surface area contributed by atoms with Gasteiger partial charge in [-0.3, -0.25) is 20.0 Å². The maximum Gasteiger partial charge on any atom is 0.416 e. The highest BCUT2D eigenvalue weighted by Crippen LogP contribution is 2.37. The van der Waals surface area contributed by atoms with Crippen molar-refractivity contribution >= 4 is 51.9 Å². The van der Waals surface area contributed by atoms with Gasteiger partial charge in [-0.2, -0.15) is 0 Å². The lowest BCUT2D eigenvalue weighted by Gasteiger charge is -2.26. The van der Waals surface area contributed by atoms with Crippen LogP contribution in [0.15, 0.2) is 47.5 Å². The second kappa shape index (κ2) is 9.93. The topological polar surface area (TPSA) is 129 Å². The summed E-state index contributed by atoms with van der Waals surface area (Å²) in [6.07, 6.45) is 1.40. The molecule has 3 aromatic rings. The van der Waals surface area contributed by atoms with Gasteiger partial charge in [-0.25, -0.2) is 9.78 Å². The third kappa shape index (κ3) is 4.38. The Balaban J connectivity index is 1.20. The molecule has 0 radical (unpaired) electrons. The quantitative estimate of drug-likeness (QED) is 0.432. The Labute approximate surface area is 223 Å². The highest BCUT2D eigenvalue weighted by molar-refractivity contribution is 8.00. The van der Waals surface area contributed by atoms with Gasteiger partial charge in [-0.1, -0.05) is 0 Å². The molecule has 1 aromatic carbocycles. The van der Waals surface area contributed by atoms with E-state index in [4.69, 9.17) is 9.47 Å². The molecule has 38 heavy (non-hydrogen) atoms. The van der Waals surface area contributed by atoms with E-state index in [1.807, 2.05) is 37.3 Å². The lowest BCUT2D eigenvalue weighted by atomic mass is 10.1. The number of thioether (sulfide) groups is 1. The van der Waals surface area contributed by atoms with Crippen molar-refractivity contribution in [2.24, 2.45) is 0 Å². The summed E-state index contributed by atoms with van der Waals surface area (Å²) in [4.78, 5) is 38.5. The third-order valence-electron chi connectivity index (χ3n) is 7.22. The monoisotopic (exact) mass is 536 g/mol. The number of amides is 2. The van der Waals surface area contributed by atoms with Gasteiger partial charge >= 0.3 is 6.09 Å². The van der Waals surface area contributed by atoms with Gasteiger partial charge in [0.2, 0.25) is 11.8 Å². The number of methoxy groups -OCH3 is 1. The van der Waals surface area contributed by atoms with Crippen LogP contribution < -0.4 is 25.2 Å². The van der Waals surface area contributed by atoms with Gasteiger partial charge in [0.25, 0.3) is 0 Å². The fourth-order valence-corrected chi connectivity index (χ4v) is 6.17. The maximum absolute atomic E-state index is 12.9. The predicted molar refractivity (Wildman–Crippen MR) is 144 cm³/mol. The molecule has 6 rings (SSSR count). The SMILES string of the molecule is COc1ccc2nccc(N3C[C@H](NC4OC(=O)N(c5ccc6c(c5)NC(=O)CS6)C4C)C[C@H]3CO)c2n1. The van der Waals surface area contributed by atoms with Gasteiger partial charge in [0.05, 0.1) is 48.4 Å². The molecule has 11 nitrogen and oxygen atoms in total. The second-order valence-corrected chi connectivity index (χ2v) is 10.6. The van der Waals surface area contributed by atoms with Gasteiger partial charge < -0.3 is 24.8 Å². The molecule has 2 unspecified atom stereocenters. The molecule has 198 valence electrons. The Morgan fingerprint density at radius 1 is 1.26 bits per heavy atom. The first kappa shape index (κ1) is 24.7. The van der Waals surface area contributed by atoms with Crippen LogP contribution in [-0.4, -0.2) is 77.4 Å². The number of aliphatic hydroxyl groups excluding tert-OH is 1. The molecule has 0 spiro atoms. The maximum atomic E-state index is 12.9. The van der Waals surface area contributed by atoms with Crippen LogP contribution >= 0.6 is 11.8 Å². The highest BCUT2D eigenvalue weighted by Gasteiger charge is 2.43. The summed E-state index contributed by atoms with van der Waals surface area (Å²) in [7, 11) is 1.57. The number of nitrogens with zero attached hydrogens (tertiary/aromatic N) is 4. The molecular formula is C26H28N6O5S. The number of fused-ring (bicyclic) bond motifs is 2. The smallest absolute Gasteiger partial charge is 0.416 e. The number of aromatic nitrogens is 2. The van der Waals surface area contributed by atoms with E-state index < -0.39 is 12.3 Å². The number of carbonyl (C=O) groups is 2. The van der Waals surface area contributed by atoms with E-state index in [0.717, 1.165) is 16.1 Å². The van der Waals surface area contributed by atoms with Crippen molar-refractivity contribution in [2.45, 2.75) is 42.6 Å². The number of anilines is 3. The zero-order valence-electron chi connectivity index (χ0n) is 21.0. The van der Waals surface area contributed by atoms with Crippen LogP contribution in [0.4, 0.5) is 21.9 Å². The summed E-state index contributed by atoms with van der Waals surface area (Å²) in [6.45, 7) is 2.49. The van der Waals surface area contributed by atoms with Crippen molar-refractivity contribution in [1.82, 2.24) is 15.3 Å². The standard InChI is InChI=1S/C26H28N6O5S/c1-14-25(37-26(35)32(14)16-3-5-21-19(10-16)29-22(34)13-38-21)28-15-9-17(12-33)31(11-15)20-7-8-27-18-4-6-23(36-2)30-24(18)20/h3-8,10,14-15,17,25,28,33H,9,11-13H2,1-2H3,(H,29,34)/t14?,15-,17+,25?/m1/s1. The van der Waals surface area contributed by atoms with E-state index in [1.54, 1.807) is 24.3 Å². The molecule has 0 aliphatic carbocycles. The Morgan fingerprint density at radius 2 is 2.13 bits per heavy atom. The summed E-state index contributed by atoms with van der Waals surface area (Å²) >= 11 is 1.48. The minimum Gasteiger partial charge on any atom is -0.481 e. The molecular weight excluding hydrogens is 508 g/mol. The van der Waals surface area contributed by atoms with Crippen molar-refractivity contribution in [3.05, 3.63) is 42.6 Å². The number of rotatable bonds is 6. The number of cyclic esters (lactones) is 1. The zero-order valence-corrected chi connectivity index (χ0v) is 21.8. The fraction of sp³-hybridized carbons (Fsp3) is 0.385. The van der Waals surface area contributed by atoms with Gasteiger partial charge in [0.1, 0.15) is 5.52 Å². The summed E-state index contributed by atoms with van der Waals surface area (Å²) < 4.78 is 11.1. The predicted octanol–water partition coefficient (Wildman–Crippen LogP) is 2.58. The van der Waals surface area contributed by atoms with E-state index in [9.17, 15) is 14.7 Å². The lowest BCUT2D eigenvalue weighted by molar-refractivity contribution is -0.113. The molecule has 4 atom stereocenters. The largest absolute Gasteiger partial charge is 0.481 e. The number of hydrogen-bond donors (Lipinski definition) is 3. The van der Waals surface area contributed by atoms with Crippen molar-refractivity contribution < 1.29 is 24.2 Å². The number of hydrogen-bond acceptors (Lipinski definition) is 10. The van der Waals surface area contributed by atoms with Gasteiger partial charge in [-0.15, -0.1) is 11.8 Å². The summed E-state index contributed by atoms with van der Waals surface area (Å²) in [6, 6.07) is 10.7. The average molecular weight is 537 g/mol. The van der Waals surface area contributed by atoms with Crippen molar-refractivity contribution in [1.29, 1.82) is 0 Å². The number of carbonyl (C=O) groups excluding carboxylic acids is 2. The van der Waals surface area contributed by atoms with Crippen molar-refractivity contribution in [3.8, 4) is 5.88 Å². The van der Waals surface area contributed by atoms with E-state index >= 15 is 0 Å². The molecule has 3 N–H and O–H groups in total. The van der Waals surface area contributed by atoms with Crippen molar-refractivity contribution in [3.63, 3.8) is 0 Å². The van der Waals surface area contributed by atoms with E-state index in [0.29, 0.717) is 41.5 Å². The molecule has 2 saturated heterocycles. The minimum absolute atomic E-state index is 0.0308. The average Bonchev–Trinajstić information content (AvgIpc) is 3.46. The first-order valence-electron chi connectivity index (χ1n) is 12.4. The summed E-state index contributed by atoms with van der Waals surface area (Å²) in [5, 5.41) is 16.6. The number of aliphatic hydroxyl groups is 1. The number of nitrogens with one attached hydrogen (secondary N) is 2. The molecule has 5 heterocycles. The molecule has 0 bridgehead atoms. The Morgan fingerprint density at radius 3 is 2.95 bits per heavy atom. The van der Waals surface area contributed by atoms with Crippen LogP contribution in [0.3, 0.4) is 0 Å². The number of pyridine rings is 2. The molecule has 2 amide bonds. The Hall–Kier alpha value is -3.61. The second-order valence-electron chi connectivity index (χ2n) is 9.57. The minimum atomic E-state index is -0.542. The van der Waals surface area contributed by atoms with E-state index in [1.165, 1.54) is 11.8 Å². The molecule has 3 aliphatic heterocycles. The number of ether oxygens (including phenoxy) is 2. The van der Waals surface area contributed by atoms with Crippen molar-refractivity contribution in [2.75, 3.05) is 41.1 Å². The van der Waals surface area contributed by atoms with Crippen LogP contribution in [0.25, 0.3) is 11.0 Å². The van der Waals surface area contributed by atoms with Gasteiger partial charge in [0, 0.05) is 35.4 Å². The first-order valence-corrected chi connectivity index (χ1v) is 13.4. The Kier molecular flexibility index (Phi) is 6.46. The number of benzene rings is 1. The molecule has 0 saturated carbocycles. The zero-order chi connectivity index (χ0) is 26.4.